The molecule has 2 nitrogen and oxygen atoms in total. The SMILES string of the molecule is O=C(CCCl)NCc1cc2c(s1)CCC2. The lowest BCUT2D eigenvalue weighted by atomic mass is 10.2. The first kappa shape index (κ1) is 11.0. The van der Waals surface area contributed by atoms with Gasteiger partial charge in [-0.3, -0.25) is 4.79 Å². The molecule has 0 spiro atoms. The number of rotatable bonds is 4. The first-order valence-corrected chi connectivity index (χ1v) is 6.58. The Morgan fingerprint density at radius 3 is 3.13 bits per heavy atom. The van der Waals surface area contributed by atoms with Crippen LogP contribution in [0.25, 0.3) is 0 Å². The molecule has 1 aromatic heterocycles. The molecule has 1 aliphatic carbocycles. The van der Waals surface area contributed by atoms with Crippen molar-refractivity contribution in [3.8, 4) is 0 Å². The number of amides is 1. The van der Waals surface area contributed by atoms with Crippen LogP contribution in [0.15, 0.2) is 6.07 Å². The van der Waals surface area contributed by atoms with Gasteiger partial charge in [-0.2, -0.15) is 0 Å². The summed E-state index contributed by atoms with van der Waals surface area (Å²) in [5.74, 6) is 0.436. The summed E-state index contributed by atoms with van der Waals surface area (Å²) < 4.78 is 0. The van der Waals surface area contributed by atoms with Crippen LogP contribution >= 0.6 is 22.9 Å². The highest BCUT2D eigenvalue weighted by Crippen LogP contribution is 2.30. The lowest BCUT2D eigenvalue weighted by Gasteiger charge is -2.01. The molecule has 0 aromatic carbocycles. The first-order chi connectivity index (χ1) is 7.29. The zero-order chi connectivity index (χ0) is 10.7. The molecule has 0 saturated carbocycles. The van der Waals surface area contributed by atoms with Gasteiger partial charge in [0, 0.05) is 22.1 Å². The number of nitrogens with one attached hydrogen (secondary N) is 1. The Morgan fingerprint density at radius 2 is 2.40 bits per heavy atom. The van der Waals surface area contributed by atoms with Gasteiger partial charge in [-0.05, 0) is 30.9 Å². The van der Waals surface area contributed by atoms with Crippen molar-refractivity contribution in [1.29, 1.82) is 0 Å². The summed E-state index contributed by atoms with van der Waals surface area (Å²) in [6, 6.07) is 2.23. The monoisotopic (exact) mass is 243 g/mol. The number of alkyl halides is 1. The Morgan fingerprint density at radius 1 is 1.53 bits per heavy atom. The van der Waals surface area contributed by atoms with E-state index >= 15 is 0 Å². The molecule has 1 heterocycles. The minimum absolute atomic E-state index is 0.0403. The summed E-state index contributed by atoms with van der Waals surface area (Å²) in [6.07, 6.45) is 4.13. The predicted octanol–water partition coefficient (Wildman–Crippen LogP) is 2.48. The average Bonchev–Trinajstić information content (AvgIpc) is 2.74. The van der Waals surface area contributed by atoms with E-state index in [2.05, 4.69) is 11.4 Å². The summed E-state index contributed by atoms with van der Waals surface area (Å²) in [5, 5.41) is 2.88. The minimum atomic E-state index is 0.0403. The molecule has 0 unspecified atom stereocenters. The Bertz CT molecular complexity index is 340. The van der Waals surface area contributed by atoms with Gasteiger partial charge in [0.25, 0.3) is 0 Å². The summed E-state index contributed by atoms with van der Waals surface area (Å²) in [6.45, 7) is 0.660. The Hall–Kier alpha value is -0.540. The van der Waals surface area contributed by atoms with Crippen molar-refractivity contribution in [2.45, 2.75) is 32.2 Å². The van der Waals surface area contributed by atoms with Crippen molar-refractivity contribution in [3.63, 3.8) is 0 Å². The van der Waals surface area contributed by atoms with Gasteiger partial charge in [0.1, 0.15) is 0 Å². The van der Waals surface area contributed by atoms with Crippen LogP contribution in [0, 0.1) is 0 Å². The van der Waals surface area contributed by atoms with Gasteiger partial charge < -0.3 is 5.32 Å². The minimum Gasteiger partial charge on any atom is -0.351 e. The van der Waals surface area contributed by atoms with E-state index < -0.39 is 0 Å². The largest absolute Gasteiger partial charge is 0.351 e. The molecule has 0 aliphatic heterocycles. The highest BCUT2D eigenvalue weighted by atomic mass is 35.5. The average molecular weight is 244 g/mol. The van der Waals surface area contributed by atoms with Gasteiger partial charge in [0.05, 0.1) is 6.54 Å². The molecule has 0 radical (unpaired) electrons. The fraction of sp³-hybridized carbons (Fsp3) is 0.545. The quantitative estimate of drug-likeness (QED) is 0.809. The van der Waals surface area contributed by atoms with E-state index in [1.807, 2.05) is 11.3 Å². The Labute approximate surface area is 98.6 Å². The van der Waals surface area contributed by atoms with Crippen molar-refractivity contribution in [2.75, 3.05) is 5.88 Å². The highest BCUT2D eigenvalue weighted by Gasteiger charge is 2.14. The zero-order valence-electron chi connectivity index (χ0n) is 8.51. The second-order valence-corrected chi connectivity index (χ2v) is 5.33. The molecule has 15 heavy (non-hydrogen) atoms. The van der Waals surface area contributed by atoms with Crippen molar-refractivity contribution in [2.24, 2.45) is 0 Å². The van der Waals surface area contributed by atoms with Crippen LogP contribution in [0.2, 0.25) is 0 Å². The van der Waals surface area contributed by atoms with E-state index in [4.69, 9.17) is 11.6 Å². The maximum absolute atomic E-state index is 11.2. The molecule has 1 amide bonds. The van der Waals surface area contributed by atoms with E-state index in [0.29, 0.717) is 18.8 Å². The van der Waals surface area contributed by atoms with E-state index in [1.54, 1.807) is 0 Å². The molecule has 1 aliphatic rings. The topological polar surface area (TPSA) is 29.1 Å². The second kappa shape index (κ2) is 4.99. The van der Waals surface area contributed by atoms with Crippen molar-refractivity contribution in [3.05, 3.63) is 21.4 Å². The first-order valence-electron chi connectivity index (χ1n) is 5.22. The molecule has 82 valence electrons. The number of hydrogen-bond donors (Lipinski definition) is 1. The Balaban J connectivity index is 1.86. The van der Waals surface area contributed by atoms with Gasteiger partial charge >= 0.3 is 0 Å². The standard InChI is InChI=1S/C11H14ClNOS/c12-5-4-11(14)13-7-9-6-8-2-1-3-10(8)15-9/h6H,1-5,7H2,(H,13,14). The summed E-state index contributed by atoms with van der Waals surface area (Å²) in [7, 11) is 0. The van der Waals surface area contributed by atoms with Gasteiger partial charge in [-0.25, -0.2) is 0 Å². The number of halogens is 1. The van der Waals surface area contributed by atoms with Crippen LogP contribution in [0.1, 0.15) is 28.2 Å². The normalized spacial score (nSPS) is 13.9. The second-order valence-electron chi connectivity index (χ2n) is 3.73. The van der Waals surface area contributed by atoms with Crippen LogP contribution in [-0.2, 0) is 24.2 Å². The third kappa shape index (κ3) is 2.73. The smallest absolute Gasteiger partial charge is 0.221 e. The Kier molecular flexibility index (Phi) is 3.65. The lowest BCUT2D eigenvalue weighted by Crippen LogP contribution is -2.22. The number of fused-ring (bicyclic) bond motifs is 1. The van der Waals surface area contributed by atoms with E-state index in [-0.39, 0.29) is 5.91 Å². The van der Waals surface area contributed by atoms with E-state index in [1.165, 1.54) is 34.6 Å². The fourth-order valence-corrected chi connectivity index (χ4v) is 3.21. The third-order valence-corrected chi connectivity index (χ3v) is 4.01. The number of aryl methyl sites for hydroxylation is 2. The van der Waals surface area contributed by atoms with Gasteiger partial charge in [0.2, 0.25) is 5.91 Å². The number of carbonyl (C=O) groups is 1. The number of hydrogen-bond acceptors (Lipinski definition) is 2. The van der Waals surface area contributed by atoms with Gasteiger partial charge in [0.15, 0.2) is 0 Å². The number of thiophene rings is 1. The molecule has 0 bridgehead atoms. The highest BCUT2D eigenvalue weighted by molar-refractivity contribution is 7.12. The third-order valence-electron chi connectivity index (χ3n) is 2.58. The van der Waals surface area contributed by atoms with Crippen molar-refractivity contribution in [1.82, 2.24) is 5.32 Å². The molecule has 1 N–H and O–H groups in total. The van der Waals surface area contributed by atoms with E-state index in [9.17, 15) is 4.79 Å². The zero-order valence-corrected chi connectivity index (χ0v) is 10.1. The molecule has 1 aromatic rings. The molecular formula is C11H14ClNOS. The van der Waals surface area contributed by atoms with Crippen LogP contribution in [0.3, 0.4) is 0 Å². The molecule has 2 rings (SSSR count). The van der Waals surface area contributed by atoms with Crippen LogP contribution in [0.5, 0.6) is 0 Å². The van der Waals surface area contributed by atoms with E-state index in [0.717, 1.165) is 0 Å². The number of carbonyl (C=O) groups excluding carboxylic acids is 1. The van der Waals surface area contributed by atoms with Crippen molar-refractivity contribution >= 4 is 28.8 Å². The van der Waals surface area contributed by atoms with Gasteiger partial charge in [-0.1, -0.05) is 0 Å². The summed E-state index contributed by atoms with van der Waals surface area (Å²) >= 11 is 7.32. The molecular weight excluding hydrogens is 230 g/mol. The predicted molar refractivity (Wildman–Crippen MR) is 63.5 cm³/mol. The summed E-state index contributed by atoms with van der Waals surface area (Å²) in [4.78, 5) is 14.0. The molecule has 0 atom stereocenters. The van der Waals surface area contributed by atoms with Crippen LogP contribution in [0.4, 0.5) is 0 Å². The van der Waals surface area contributed by atoms with Gasteiger partial charge in [-0.15, -0.1) is 22.9 Å². The summed E-state index contributed by atoms with van der Waals surface area (Å²) in [5.41, 5.74) is 1.49. The maximum Gasteiger partial charge on any atom is 0.221 e. The fourth-order valence-electron chi connectivity index (χ4n) is 1.84. The molecule has 0 saturated heterocycles. The maximum atomic E-state index is 11.2. The van der Waals surface area contributed by atoms with Crippen LogP contribution in [-0.4, -0.2) is 11.8 Å². The van der Waals surface area contributed by atoms with Crippen molar-refractivity contribution < 1.29 is 4.79 Å². The lowest BCUT2D eigenvalue weighted by molar-refractivity contribution is -0.120. The molecule has 4 heteroatoms. The van der Waals surface area contributed by atoms with Crippen LogP contribution < -0.4 is 5.32 Å². The molecule has 0 fully saturated rings.